The highest BCUT2D eigenvalue weighted by Crippen LogP contribution is 2.47. The number of morpholine rings is 1. The number of hydrogen-bond acceptors (Lipinski definition) is 3. The number of hydrogen-bond donors (Lipinski definition) is 0. The molecule has 1 saturated heterocycles. The van der Waals surface area contributed by atoms with E-state index in [1.165, 1.54) is 0 Å². The van der Waals surface area contributed by atoms with Gasteiger partial charge in [-0.1, -0.05) is 32.1 Å². The van der Waals surface area contributed by atoms with Gasteiger partial charge in [0.25, 0.3) is 0 Å². The molecule has 0 radical (unpaired) electrons. The number of carbonyl (C=O) groups is 1. The Morgan fingerprint density at radius 1 is 1.33 bits per heavy atom. The van der Waals surface area contributed by atoms with Gasteiger partial charge in [0.1, 0.15) is 6.29 Å². The van der Waals surface area contributed by atoms with Gasteiger partial charge in [0, 0.05) is 18.8 Å². The van der Waals surface area contributed by atoms with Gasteiger partial charge in [0.15, 0.2) is 0 Å². The zero-order chi connectivity index (χ0) is 13.4. The molecule has 0 saturated carbocycles. The molecule has 1 aliphatic carbocycles. The van der Waals surface area contributed by atoms with Crippen molar-refractivity contribution >= 4 is 6.29 Å². The summed E-state index contributed by atoms with van der Waals surface area (Å²) in [6, 6.07) is 0. The number of nitrogens with zero attached hydrogens (tertiary/aromatic N) is 1. The Kier molecular flexibility index (Phi) is 3.37. The van der Waals surface area contributed by atoms with Crippen molar-refractivity contribution in [2.24, 2.45) is 10.8 Å². The molecule has 0 aromatic rings. The lowest BCUT2D eigenvalue weighted by Crippen LogP contribution is -2.45. The number of ether oxygens (including phenoxy) is 1. The zero-order valence-electron chi connectivity index (χ0n) is 11.7. The minimum absolute atomic E-state index is 0.0766. The molecule has 100 valence electrons. The number of aldehydes is 1. The van der Waals surface area contributed by atoms with E-state index in [9.17, 15) is 4.79 Å². The Balaban J connectivity index is 2.40. The van der Waals surface area contributed by atoms with Crippen LogP contribution >= 0.6 is 0 Å². The lowest BCUT2D eigenvalue weighted by Gasteiger charge is -2.45. The summed E-state index contributed by atoms with van der Waals surface area (Å²) in [6.45, 7) is 13.7. The maximum absolute atomic E-state index is 11.6. The van der Waals surface area contributed by atoms with Crippen molar-refractivity contribution in [3.63, 3.8) is 0 Å². The molecule has 2 rings (SSSR count). The highest BCUT2D eigenvalue weighted by Gasteiger charge is 2.42. The Morgan fingerprint density at radius 2 is 1.94 bits per heavy atom. The molecule has 1 atom stereocenters. The minimum atomic E-state index is -0.535. The van der Waals surface area contributed by atoms with Crippen molar-refractivity contribution in [1.29, 1.82) is 0 Å². The van der Waals surface area contributed by atoms with Gasteiger partial charge in [-0.3, -0.25) is 0 Å². The summed E-state index contributed by atoms with van der Waals surface area (Å²) in [4.78, 5) is 13.9. The van der Waals surface area contributed by atoms with Crippen LogP contribution in [-0.2, 0) is 9.53 Å². The fraction of sp³-hybridized carbons (Fsp3) is 0.667. The Bertz CT molecular complexity index is 391. The molecule has 3 heteroatoms. The molecule has 3 nitrogen and oxygen atoms in total. The fourth-order valence-electron chi connectivity index (χ4n) is 2.85. The second kappa shape index (κ2) is 4.54. The van der Waals surface area contributed by atoms with Crippen molar-refractivity contribution in [3.8, 4) is 0 Å². The van der Waals surface area contributed by atoms with Crippen LogP contribution in [0.2, 0.25) is 0 Å². The first-order chi connectivity index (χ1) is 8.39. The van der Waals surface area contributed by atoms with E-state index >= 15 is 0 Å². The zero-order valence-corrected chi connectivity index (χ0v) is 11.7. The average Bonchev–Trinajstić information content (AvgIpc) is 2.34. The second-order valence-corrected chi connectivity index (χ2v) is 6.22. The predicted octanol–water partition coefficient (Wildman–Crippen LogP) is 2.39. The first-order valence-electron chi connectivity index (χ1n) is 6.60. The largest absolute Gasteiger partial charge is 0.378 e. The van der Waals surface area contributed by atoms with E-state index in [0.29, 0.717) is 0 Å². The summed E-state index contributed by atoms with van der Waals surface area (Å²) in [7, 11) is 0. The van der Waals surface area contributed by atoms with Gasteiger partial charge >= 0.3 is 0 Å². The fourth-order valence-corrected chi connectivity index (χ4v) is 2.85. The molecule has 18 heavy (non-hydrogen) atoms. The summed E-state index contributed by atoms with van der Waals surface area (Å²) in [6.07, 6.45) is 4.17. The van der Waals surface area contributed by atoms with E-state index in [1.807, 2.05) is 6.92 Å². The van der Waals surface area contributed by atoms with Gasteiger partial charge in [-0.05, 0) is 18.8 Å². The molecule has 1 aliphatic heterocycles. The van der Waals surface area contributed by atoms with Crippen LogP contribution in [0.15, 0.2) is 23.9 Å². The molecule has 0 N–H and O–H groups in total. The van der Waals surface area contributed by atoms with Crippen LogP contribution in [0.25, 0.3) is 0 Å². The lowest BCUT2D eigenvalue weighted by molar-refractivity contribution is -0.113. The Morgan fingerprint density at radius 3 is 2.50 bits per heavy atom. The topological polar surface area (TPSA) is 29.5 Å². The highest BCUT2D eigenvalue weighted by atomic mass is 16.5. The second-order valence-electron chi connectivity index (χ2n) is 6.22. The SMILES string of the molecule is C=C1CC(C)(C)C=C(N2CCOCC2)C1(C)C=O. The number of carbonyl (C=O) groups excluding carboxylic acids is 1. The van der Waals surface area contributed by atoms with Crippen molar-refractivity contribution in [2.75, 3.05) is 26.3 Å². The average molecular weight is 249 g/mol. The maximum atomic E-state index is 11.6. The third-order valence-electron chi connectivity index (χ3n) is 4.05. The maximum Gasteiger partial charge on any atom is 0.135 e. The Hall–Kier alpha value is -1.09. The van der Waals surface area contributed by atoms with Crippen LogP contribution < -0.4 is 0 Å². The molecule has 1 heterocycles. The summed E-state index contributed by atoms with van der Waals surface area (Å²) in [5.41, 5.74) is 1.67. The minimum Gasteiger partial charge on any atom is -0.378 e. The number of allylic oxidation sites excluding steroid dienone is 2. The van der Waals surface area contributed by atoms with Gasteiger partial charge in [0.2, 0.25) is 0 Å². The molecule has 0 amide bonds. The molecular formula is C15H23NO2. The van der Waals surface area contributed by atoms with E-state index in [0.717, 1.165) is 50.3 Å². The van der Waals surface area contributed by atoms with Crippen molar-refractivity contribution in [1.82, 2.24) is 4.90 Å². The van der Waals surface area contributed by atoms with Crippen molar-refractivity contribution in [2.45, 2.75) is 27.2 Å². The van der Waals surface area contributed by atoms with E-state index in [-0.39, 0.29) is 5.41 Å². The Labute approximate surface area is 109 Å². The van der Waals surface area contributed by atoms with Crippen molar-refractivity contribution < 1.29 is 9.53 Å². The van der Waals surface area contributed by atoms with Crippen LogP contribution in [0.3, 0.4) is 0 Å². The van der Waals surface area contributed by atoms with Crippen LogP contribution in [0.4, 0.5) is 0 Å². The van der Waals surface area contributed by atoms with E-state index in [2.05, 4.69) is 31.4 Å². The van der Waals surface area contributed by atoms with Gasteiger partial charge in [-0.15, -0.1) is 0 Å². The van der Waals surface area contributed by atoms with Crippen molar-refractivity contribution in [3.05, 3.63) is 23.9 Å². The summed E-state index contributed by atoms with van der Waals surface area (Å²) < 4.78 is 5.39. The normalized spacial score (nSPS) is 32.1. The quantitative estimate of drug-likeness (QED) is 0.556. The molecule has 0 aromatic heterocycles. The lowest BCUT2D eigenvalue weighted by atomic mass is 9.66. The summed E-state index contributed by atoms with van der Waals surface area (Å²) in [5, 5.41) is 0. The predicted molar refractivity (Wildman–Crippen MR) is 72.2 cm³/mol. The molecule has 0 aromatic carbocycles. The molecule has 2 aliphatic rings. The first kappa shape index (κ1) is 13.3. The smallest absolute Gasteiger partial charge is 0.135 e. The highest BCUT2D eigenvalue weighted by molar-refractivity contribution is 5.71. The molecule has 1 fully saturated rings. The van der Waals surface area contributed by atoms with Crippen LogP contribution in [0, 0.1) is 10.8 Å². The molecule has 1 unspecified atom stereocenters. The van der Waals surface area contributed by atoms with E-state index in [1.54, 1.807) is 0 Å². The molecule has 0 bridgehead atoms. The van der Waals surface area contributed by atoms with Gasteiger partial charge in [0.05, 0.1) is 18.6 Å². The van der Waals surface area contributed by atoms with Gasteiger partial charge in [-0.25, -0.2) is 0 Å². The summed E-state index contributed by atoms with van der Waals surface area (Å²) in [5.74, 6) is 0. The molecule has 0 spiro atoms. The monoisotopic (exact) mass is 249 g/mol. The number of rotatable bonds is 2. The van der Waals surface area contributed by atoms with E-state index < -0.39 is 5.41 Å². The van der Waals surface area contributed by atoms with Crippen LogP contribution in [0.5, 0.6) is 0 Å². The van der Waals surface area contributed by atoms with E-state index in [4.69, 9.17) is 4.74 Å². The van der Waals surface area contributed by atoms with Gasteiger partial charge in [-0.2, -0.15) is 0 Å². The third kappa shape index (κ3) is 2.24. The van der Waals surface area contributed by atoms with Crippen LogP contribution in [0.1, 0.15) is 27.2 Å². The van der Waals surface area contributed by atoms with Gasteiger partial charge < -0.3 is 14.4 Å². The third-order valence-corrected chi connectivity index (χ3v) is 4.05. The first-order valence-corrected chi connectivity index (χ1v) is 6.60. The summed E-state index contributed by atoms with van der Waals surface area (Å²) >= 11 is 0. The molecular weight excluding hydrogens is 226 g/mol. The van der Waals surface area contributed by atoms with Crippen LogP contribution in [-0.4, -0.2) is 37.5 Å². The standard InChI is InChI=1S/C15H23NO2/c1-12-9-14(2,3)10-13(15(12,4)11-17)16-5-7-18-8-6-16/h10-11H,1,5-9H2,2-4H3.